The zero-order valence-electron chi connectivity index (χ0n) is 10.9. The molecular weight excluding hydrogens is 372 g/mol. The predicted octanol–water partition coefficient (Wildman–Crippen LogP) is 3.23. The topological polar surface area (TPSA) is 42.7 Å². The van der Waals surface area contributed by atoms with E-state index in [-0.39, 0.29) is 6.04 Å². The van der Waals surface area contributed by atoms with Crippen LogP contribution in [0.4, 0.5) is 0 Å². The number of hydrogen-bond donors (Lipinski definition) is 1. The molecule has 1 heterocycles. The Bertz CT molecular complexity index is 534. The van der Waals surface area contributed by atoms with Gasteiger partial charge in [0.1, 0.15) is 0 Å². The van der Waals surface area contributed by atoms with Gasteiger partial charge in [0.2, 0.25) is 0 Å². The third-order valence-corrected chi connectivity index (χ3v) is 4.33. The molecule has 1 N–H and O–H groups in total. The third kappa shape index (κ3) is 3.43. The Kier molecular flexibility index (Phi) is 5.13. The van der Waals surface area contributed by atoms with Crippen LogP contribution in [-0.2, 0) is 13.5 Å². The van der Waals surface area contributed by atoms with Gasteiger partial charge < -0.3 is 5.32 Å². The smallest absolute Gasteiger partial charge is 0.153 e. The van der Waals surface area contributed by atoms with Gasteiger partial charge in [0, 0.05) is 11.5 Å². The fourth-order valence-electron chi connectivity index (χ4n) is 2.10. The fraction of sp³-hybridized carbons (Fsp3) is 0.385. The molecule has 2 aromatic rings. The molecule has 1 aromatic heterocycles. The lowest BCUT2D eigenvalue weighted by Gasteiger charge is -2.19. The average molecular weight is 388 g/mol. The minimum Gasteiger partial charge on any atom is -0.309 e. The van der Waals surface area contributed by atoms with Crippen molar-refractivity contribution >= 4 is 31.9 Å². The summed E-state index contributed by atoms with van der Waals surface area (Å²) in [6.07, 6.45) is 0.884. The van der Waals surface area contributed by atoms with Crippen molar-refractivity contribution in [2.75, 3.05) is 6.54 Å². The monoisotopic (exact) mass is 386 g/mol. The summed E-state index contributed by atoms with van der Waals surface area (Å²) in [6.45, 7) is 3.00. The lowest BCUT2D eigenvalue weighted by atomic mass is 10.0. The van der Waals surface area contributed by atoms with E-state index in [1.165, 1.54) is 5.56 Å². The summed E-state index contributed by atoms with van der Waals surface area (Å²) in [5.41, 5.74) is 2.33. The molecule has 0 bridgehead atoms. The molecule has 19 heavy (non-hydrogen) atoms. The van der Waals surface area contributed by atoms with Gasteiger partial charge >= 0.3 is 0 Å². The van der Waals surface area contributed by atoms with Gasteiger partial charge in [-0.1, -0.05) is 46.3 Å². The lowest BCUT2D eigenvalue weighted by molar-refractivity contribution is 0.504. The Hall–Kier alpha value is -0.720. The van der Waals surface area contributed by atoms with Gasteiger partial charge in [-0.15, -0.1) is 5.10 Å². The van der Waals surface area contributed by atoms with Crippen molar-refractivity contribution in [3.63, 3.8) is 0 Å². The van der Waals surface area contributed by atoms with E-state index in [1.807, 2.05) is 17.8 Å². The SMILES string of the molecule is CCNC(Cc1ccccc1Br)c1c(Br)nnn1C. The first-order valence-corrected chi connectivity index (χ1v) is 7.74. The van der Waals surface area contributed by atoms with Gasteiger partial charge in [0.05, 0.1) is 11.7 Å². The first kappa shape index (κ1) is 14.7. The molecule has 0 saturated heterocycles. The van der Waals surface area contributed by atoms with Crippen molar-refractivity contribution in [1.82, 2.24) is 20.3 Å². The average Bonchev–Trinajstić information content (AvgIpc) is 2.71. The zero-order valence-corrected chi connectivity index (χ0v) is 14.1. The zero-order chi connectivity index (χ0) is 13.8. The highest BCUT2D eigenvalue weighted by Gasteiger charge is 2.20. The number of hydrogen-bond acceptors (Lipinski definition) is 3. The number of nitrogens with one attached hydrogen (secondary N) is 1. The van der Waals surface area contributed by atoms with Crippen LogP contribution in [0.3, 0.4) is 0 Å². The standard InChI is InChI=1S/C13H16Br2N4/c1-3-16-11(12-13(15)17-18-19(12)2)8-9-6-4-5-7-10(9)14/h4-7,11,16H,3,8H2,1-2H3. The van der Waals surface area contributed by atoms with Crippen molar-refractivity contribution in [1.29, 1.82) is 0 Å². The lowest BCUT2D eigenvalue weighted by Crippen LogP contribution is -2.25. The summed E-state index contributed by atoms with van der Waals surface area (Å²) >= 11 is 7.07. The van der Waals surface area contributed by atoms with E-state index in [0.717, 1.165) is 27.7 Å². The number of halogens is 2. The van der Waals surface area contributed by atoms with Gasteiger partial charge in [-0.2, -0.15) is 0 Å². The maximum atomic E-state index is 4.06. The number of aryl methyl sites for hydroxylation is 1. The van der Waals surface area contributed by atoms with Crippen LogP contribution in [-0.4, -0.2) is 21.5 Å². The van der Waals surface area contributed by atoms with Crippen LogP contribution in [0, 0.1) is 0 Å². The molecule has 0 amide bonds. The molecule has 0 aliphatic carbocycles. The van der Waals surface area contributed by atoms with Crippen LogP contribution < -0.4 is 5.32 Å². The molecule has 1 atom stereocenters. The summed E-state index contributed by atoms with van der Waals surface area (Å²) in [5, 5.41) is 11.6. The minimum absolute atomic E-state index is 0.179. The number of aromatic nitrogens is 3. The Balaban J connectivity index is 2.29. The largest absolute Gasteiger partial charge is 0.309 e. The van der Waals surface area contributed by atoms with Crippen LogP contribution >= 0.6 is 31.9 Å². The Morgan fingerprint density at radius 3 is 2.63 bits per heavy atom. The van der Waals surface area contributed by atoms with Crippen molar-refractivity contribution in [2.24, 2.45) is 7.05 Å². The predicted molar refractivity (Wildman–Crippen MR) is 83.0 cm³/mol. The molecule has 0 saturated carbocycles. The van der Waals surface area contributed by atoms with Crippen molar-refractivity contribution in [2.45, 2.75) is 19.4 Å². The van der Waals surface area contributed by atoms with E-state index < -0.39 is 0 Å². The summed E-state index contributed by atoms with van der Waals surface area (Å²) in [7, 11) is 1.91. The van der Waals surface area contributed by atoms with E-state index in [4.69, 9.17) is 0 Å². The summed E-state index contributed by atoms with van der Waals surface area (Å²) in [6, 6.07) is 8.45. The number of rotatable bonds is 5. The molecule has 0 spiro atoms. The normalized spacial score (nSPS) is 12.6. The molecule has 6 heteroatoms. The Morgan fingerprint density at radius 1 is 1.32 bits per heavy atom. The van der Waals surface area contributed by atoms with Gasteiger partial charge in [-0.25, -0.2) is 4.68 Å². The Labute approximate surface area is 129 Å². The highest BCUT2D eigenvalue weighted by molar-refractivity contribution is 9.10. The van der Waals surface area contributed by atoms with Crippen LogP contribution in [0.25, 0.3) is 0 Å². The van der Waals surface area contributed by atoms with Crippen LogP contribution in [0.1, 0.15) is 24.2 Å². The van der Waals surface area contributed by atoms with Gasteiger partial charge in [0.15, 0.2) is 4.60 Å². The second kappa shape index (κ2) is 6.63. The number of likely N-dealkylation sites (N-methyl/N-ethyl adjacent to an activating group) is 1. The van der Waals surface area contributed by atoms with E-state index in [0.29, 0.717) is 0 Å². The van der Waals surface area contributed by atoms with Crippen LogP contribution in [0.2, 0.25) is 0 Å². The fourth-order valence-corrected chi connectivity index (χ4v) is 3.15. The summed E-state index contributed by atoms with van der Waals surface area (Å²) < 4.78 is 3.74. The molecule has 0 fully saturated rings. The molecule has 102 valence electrons. The van der Waals surface area contributed by atoms with Crippen molar-refractivity contribution in [3.8, 4) is 0 Å². The highest BCUT2D eigenvalue weighted by atomic mass is 79.9. The molecule has 1 aromatic carbocycles. The molecule has 0 aliphatic heterocycles. The first-order chi connectivity index (χ1) is 9.13. The summed E-state index contributed by atoms with van der Waals surface area (Å²) in [4.78, 5) is 0. The molecular formula is C13H16Br2N4. The van der Waals surface area contributed by atoms with Crippen molar-refractivity contribution < 1.29 is 0 Å². The minimum atomic E-state index is 0.179. The molecule has 0 radical (unpaired) electrons. The molecule has 4 nitrogen and oxygen atoms in total. The van der Waals surface area contributed by atoms with E-state index in [1.54, 1.807) is 0 Å². The third-order valence-electron chi connectivity index (χ3n) is 2.99. The second-order valence-corrected chi connectivity index (χ2v) is 5.90. The van der Waals surface area contributed by atoms with Crippen molar-refractivity contribution in [3.05, 3.63) is 44.6 Å². The number of benzene rings is 1. The van der Waals surface area contributed by atoms with Crippen LogP contribution in [0.5, 0.6) is 0 Å². The summed E-state index contributed by atoms with van der Waals surface area (Å²) in [5.74, 6) is 0. The van der Waals surface area contributed by atoms with E-state index >= 15 is 0 Å². The van der Waals surface area contributed by atoms with E-state index in [2.05, 4.69) is 72.6 Å². The van der Waals surface area contributed by atoms with Gasteiger partial charge in [0.25, 0.3) is 0 Å². The molecule has 1 unspecified atom stereocenters. The van der Waals surface area contributed by atoms with Gasteiger partial charge in [-0.05, 0) is 40.5 Å². The molecule has 0 aliphatic rings. The maximum absolute atomic E-state index is 4.06. The quantitative estimate of drug-likeness (QED) is 0.856. The van der Waals surface area contributed by atoms with Crippen LogP contribution in [0.15, 0.2) is 33.3 Å². The Morgan fingerprint density at radius 2 is 2.05 bits per heavy atom. The number of nitrogens with zero attached hydrogens (tertiary/aromatic N) is 3. The maximum Gasteiger partial charge on any atom is 0.153 e. The van der Waals surface area contributed by atoms with E-state index in [9.17, 15) is 0 Å². The second-order valence-electron chi connectivity index (χ2n) is 4.29. The van der Waals surface area contributed by atoms with Gasteiger partial charge in [-0.3, -0.25) is 0 Å². The molecule has 2 rings (SSSR count). The highest BCUT2D eigenvalue weighted by Crippen LogP contribution is 2.26. The first-order valence-electron chi connectivity index (χ1n) is 6.15.